The van der Waals surface area contributed by atoms with Crippen molar-refractivity contribution in [1.29, 1.82) is 0 Å². The monoisotopic (exact) mass is 584 g/mol. The summed E-state index contributed by atoms with van der Waals surface area (Å²) >= 11 is 0. The number of benzene rings is 1. The van der Waals surface area contributed by atoms with Crippen molar-refractivity contribution in [3.63, 3.8) is 0 Å². The average Bonchev–Trinajstić information content (AvgIpc) is 3.39. The molecule has 1 aliphatic heterocycles. The molecule has 1 saturated heterocycles. The number of halogens is 3. The van der Waals surface area contributed by atoms with Gasteiger partial charge in [0.1, 0.15) is 17.1 Å². The van der Waals surface area contributed by atoms with Crippen molar-refractivity contribution < 1.29 is 32.5 Å². The number of hydrogen-bond acceptors (Lipinski definition) is 8. The molecule has 5 rings (SSSR count). The predicted molar refractivity (Wildman–Crippen MR) is 147 cm³/mol. The van der Waals surface area contributed by atoms with Crippen LogP contribution in [0.2, 0.25) is 0 Å². The minimum absolute atomic E-state index is 0.0248. The summed E-state index contributed by atoms with van der Waals surface area (Å²) in [5.74, 6) is 0.671. The lowest BCUT2D eigenvalue weighted by Crippen LogP contribution is -2.55. The zero-order valence-electron chi connectivity index (χ0n) is 23.6. The number of nitrogens with zero attached hydrogens (tertiary/aromatic N) is 6. The standard InChI is InChI=1S/C29H31F3N6O4/c1-17-15-36(23(16-39)21-13-33-10-9-24(21)42-4)11-12-37(17)28(40)22-14-34-38-26(29(30,31)32)18(2)25(35-27(22)38)19-5-7-20(41-3)8-6-19/h5-10,13-14,17,23,39H,11-12,15-16H2,1-4H3/t17-,23-/m1/s1. The van der Waals surface area contributed by atoms with Crippen LogP contribution in [0.15, 0.2) is 48.9 Å². The van der Waals surface area contributed by atoms with Gasteiger partial charge in [0.25, 0.3) is 5.91 Å². The molecule has 222 valence electrons. The Kier molecular flexibility index (Phi) is 8.06. The van der Waals surface area contributed by atoms with Gasteiger partial charge in [0, 0.05) is 54.8 Å². The summed E-state index contributed by atoms with van der Waals surface area (Å²) in [5.41, 5.74) is -0.0289. The Balaban J connectivity index is 1.48. The molecule has 42 heavy (non-hydrogen) atoms. The molecule has 3 aromatic heterocycles. The number of aliphatic hydroxyl groups excluding tert-OH is 1. The molecule has 1 fully saturated rings. The third-order valence-corrected chi connectivity index (χ3v) is 7.67. The molecule has 0 bridgehead atoms. The van der Waals surface area contributed by atoms with Crippen molar-refractivity contribution in [1.82, 2.24) is 29.4 Å². The average molecular weight is 585 g/mol. The van der Waals surface area contributed by atoms with Gasteiger partial charge in [-0.1, -0.05) is 0 Å². The van der Waals surface area contributed by atoms with E-state index in [9.17, 15) is 23.1 Å². The second kappa shape index (κ2) is 11.6. The minimum Gasteiger partial charge on any atom is -0.497 e. The molecule has 1 amide bonds. The lowest BCUT2D eigenvalue weighted by atomic mass is 10.0. The van der Waals surface area contributed by atoms with Crippen molar-refractivity contribution in [2.45, 2.75) is 32.1 Å². The Morgan fingerprint density at radius 1 is 1.12 bits per heavy atom. The SMILES string of the molecule is COc1ccc(-c2nc3c(C(=O)N4CCN([C@H](CO)c5cnccc5OC)C[C@H]4C)cnn3c(C(F)(F)F)c2C)cc1. The smallest absolute Gasteiger partial charge is 0.433 e. The van der Waals surface area contributed by atoms with E-state index >= 15 is 0 Å². The second-order valence-electron chi connectivity index (χ2n) is 10.1. The highest BCUT2D eigenvalue weighted by Crippen LogP contribution is 2.37. The van der Waals surface area contributed by atoms with E-state index in [1.807, 2.05) is 11.8 Å². The van der Waals surface area contributed by atoms with Crippen LogP contribution in [0.5, 0.6) is 11.5 Å². The maximum Gasteiger partial charge on any atom is 0.433 e. The Labute approximate surface area is 240 Å². The summed E-state index contributed by atoms with van der Waals surface area (Å²) < 4.78 is 54.3. The highest BCUT2D eigenvalue weighted by atomic mass is 19.4. The number of rotatable bonds is 7. The van der Waals surface area contributed by atoms with Crippen LogP contribution in [0.25, 0.3) is 16.9 Å². The van der Waals surface area contributed by atoms with Crippen LogP contribution in [-0.2, 0) is 6.18 Å². The van der Waals surface area contributed by atoms with Gasteiger partial charge in [-0.05, 0) is 44.2 Å². The van der Waals surface area contributed by atoms with Crippen molar-refractivity contribution >= 4 is 11.6 Å². The Morgan fingerprint density at radius 3 is 2.48 bits per heavy atom. The summed E-state index contributed by atoms with van der Waals surface area (Å²) in [6, 6.07) is 7.51. The fraction of sp³-hybridized carbons (Fsp3) is 0.379. The molecule has 0 aliphatic carbocycles. The Hall–Kier alpha value is -4.23. The van der Waals surface area contributed by atoms with E-state index in [-0.39, 0.29) is 41.7 Å². The van der Waals surface area contributed by atoms with Gasteiger partial charge in [-0.25, -0.2) is 9.50 Å². The molecule has 1 N–H and O–H groups in total. The van der Waals surface area contributed by atoms with Crippen LogP contribution in [-0.4, -0.2) is 86.9 Å². The first-order chi connectivity index (χ1) is 20.1. The van der Waals surface area contributed by atoms with Crippen LogP contribution in [0.1, 0.15) is 40.1 Å². The zero-order chi connectivity index (χ0) is 30.2. The Morgan fingerprint density at radius 2 is 1.86 bits per heavy atom. The van der Waals surface area contributed by atoms with Crippen LogP contribution in [0.3, 0.4) is 0 Å². The molecular weight excluding hydrogens is 553 g/mol. The number of hydrogen-bond donors (Lipinski definition) is 1. The largest absolute Gasteiger partial charge is 0.497 e. The van der Waals surface area contributed by atoms with Gasteiger partial charge in [0.2, 0.25) is 0 Å². The number of carbonyl (C=O) groups is 1. The summed E-state index contributed by atoms with van der Waals surface area (Å²) in [5, 5.41) is 14.2. The van der Waals surface area contributed by atoms with Gasteiger partial charge < -0.3 is 19.5 Å². The molecular formula is C29H31F3N6O4. The van der Waals surface area contributed by atoms with E-state index in [0.29, 0.717) is 34.7 Å². The number of amides is 1. The van der Waals surface area contributed by atoms with Gasteiger partial charge in [-0.3, -0.25) is 14.7 Å². The van der Waals surface area contributed by atoms with E-state index in [2.05, 4.69) is 15.1 Å². The number of piperazine rings is 1. The lowest BCUT2D eigenvalue weighted by Gasteiger charge is -2.43. The maximum atomic E-state index is 14.3. The van der Waals surface area contributed by atoms with Crippen molar-refractivity contribution in [3.8, 4) is 22.8 Å². The van der Waals surface area contributed by atoms with Crippen LogP contribution >= 0.6 is 0 Å². The minimum atomic E-state index is -4.75. The number of alkyl halides is 3. The number of pyridine rings is 1. The van der Waals surface area contributed by atoms with Crippen LogP contribution in [0.4, 0.5) is 13.2 Å². The zero-order valence-corrected chi connectivity index (χ0v) is 23.6. The topological polar surface area (TPSA) is 105 Å². The van der Waals surface area contributed by atoms with E-state index in [0.717, 1.165) is 11.8 Å². The van der Waals surface area contributed by atoms with E-state index in [1.165, 1.54) is 14.0 Å². The Bertz CT molecular complexity index is 1590. The fourth-order valence-corrected chi connectivity index (χ4v) is 5.55. The molecule has 1 aromatic carbocycles. The van der Waals surface area contributed by atoms with Crippen LogP contribution < -0.4 is 9.47 Å². The first kappa shape index (κ1) is 29.3. The van der Waals surface area contributed by atoms with E-state index < -0.39 is 23.8 Å². The molecule has 0 spiro atoms. The first-order valence-electron chi connectivity index (χ1n) is 13.3. The van der Waals surface area contributed by atoms with Gasteiger partial charge in [0.15, 0.2) is 11.3 Å². The van der Waals surface area contributed by atoms with Crippen molar-refractivity contribution in [3.05, 3.63) is 71.3 Å². The normalized spacial score (nSPS) is 17.0. The highest BCUT2D eigenvalue weighted by molar-refractivity contribution is 6.00. The number of ether oxygens (including phenoxy) is 2. The summed E-state index contributed by atoms with van der Waals surface area (Å²) in [6.45, 7) is 4.11. The second-order valence-corrected chi connectivity index (χ2v) is 10.1. The van der Waals surface area contributed by atoms with Crippen molar-refractivity contribution in [2.24, 2.45) is 0 Å². The number of carbonyl (C=O) groups excluding carboxylic acids is 1. The summed E-state index contributed by atoms with van der Waals surface area (Å²) in [4.78, 5) is 26.2. The molecule has 4 aromatic rings. The maximum absolute atomic E-state index is 14.3. The highest BCUT2D eigenvalue weighted by Gasteiger charge is 2.40. The van der Waals surface area contributed by atoms with Crippen molar-refractivity contribution in [2.75, 3.05) is 40.5 Å². The molecule has 13 heteroatoms. The molecule has 0 unspecified atom stereocenters. The van der Waals surface area contributed by atoms with E-state index in [4.69, 9.17) is 9.47 Å². The fourth-order valence-electron chi connectivity index (χ4n) is 5.55. The summed E-state index contributed by atoms with van der Waals surface area (Å²) in [7, 11) is 3.04. The number of methoxy groups -OCH3 is 2. The number of fused-ring (bicyclic) bond motifs is 1. The van der Waals surface area contributed by atoms with Gasteiger partial charge >= 0.3 is 6.18 Å². The summed E-state index contributed by atoms with van der Waals surface area (Å²) in [6.07, 6.45) is -0.350. The van der Waals surface area contributed by atoms with Crippen LogP contribution in [0, 0.1) is 6.92 Å². The predicted octanol–water partition coefficient (Wildman–Crippen LogP) is 4.02. The number of aliphatic hydroxyl groups is 1. The molecule has 0 saturated carbocycles. The lowest BCUT2D eigenvalue weighted by molar-refractivity contribution is -0.143. The quantitative estimate of drug-likeness (QED) is 0.348. The van der Waals surface area contributed by atoms with Gasteiger partial charge in [-0.15, -0.1) is 0 Å². The third-order valence-electron chi connectivity index (χ3n) is 7.67. The van der Waals surface area contributed by atoms with Gasteiger partial charge in [0.05, 0.1) is 38.8 Å². The van der Waals surface area contributed by atoms with Gasteiger partial charge in [-0.2, -0.15) is 18.3 Å². The molecule has 0 radical (unpaired) electrons. The third kappa shape index (κ3) is 5.25. The number of aromatic nitrogens is 4. The van der Waals surface area contributed by atoms with E-state index in [1.54, 1.807) is 54.7 Å². The molecule has 10 nitrogen and oxygen atoms in total. The first-order valence-corrected chi connectivity index (χ1v) is 13.3. The molecule has 4 heterocycles. The molecule has 1 aliphatic rings. The molecule has 2 atom stereocenters.